The molecule has 0 aliphatic carbocycles. The number of nitrogens with one attached hydrogen (secondary N) is 1. The standard InChI is InChI=1S/C27H25ClN2O3/c1-17-6-5-7-20(10-17)16-33-26-23(28)13-21(14-25(26)32-4)12-22(15-29)27(31)30-24-11-18(2)8-9-19(24)3/h5-14H,16H2,1-4H3,(H,30,31)/b22-12+. The minimum atomic E-state index is -0.499. The van der Waals surface area contributed by atoms with Crippen molar-refractivity contribution in [2.45, 2.75) is 27.4 Å². The summed E-state index contributed by atoms with van der Waals surface area (Å²) in [4.78, 5) is 12.7. The lowest BCUT2D eigenvalue weighted by Crippen LogP contribution is -2.14. The maximum atomic E-state index is 12.7. The third-order valence-electron chi connectivity index (χ3n) is 5.03. The van der Waals surface area contributed by atoms with E-state index in [4.69, 9.17) is 21.1 Å². The number of amides is 1. The van der Waals surface area contributed by atoms with E-state index in [1.165, 1.54) is 13.2 Å². The topological polar surface area (TPSA) is 71.3 Å². The highest BCUT2D eigenvalue weighted by atomic mass is 35.5. The van der Waals surface area contributed by atoms with Gasteiger partial charge in [-0.2, -0.15) is 5.26 Å². The fraction of sp³-hybridized carbons (Fsp3) is 0.185. The Morgan fingerprint density at radius 3 is 2.55 bits per heavy atom. The molecule has 0 unspecified atom stereocenters. The first-order chi connectivity index (χ1) is 15.8. The van der Waals surface area contributed by atoms with E-state index in [-0.39, 0.29) is 5.57 Å². The summed E-state index contributed by atoms with van der Waals surface area (Å²) in [7, 11) is 1.51. The fourth-order valence-electron chi connectivity index (χ4n) is 3.30. The van der Waals surface area contributed by atoms with Crippen molar-refractivity contribution in [3.8, 4) is 17.6 Å². The number of carbonyl (C=O) groups is 1. The molecule has 0 saturated carbocycles. The monoisotopic (exact) mass is 460 g/mol. The van der Waals surface area contributed by atoms with Gasteiger partial charge in [-0.1, -0.05) is 53.6 Å². The summed E-state index contributed by atoms with van der Waals surface area (Å²) >= 11 is 6.47. The van der Waals surface area contributed by atoms with Gasteiger partial charge in [-0.15, -0.1) is 0 Å². The Morgan fingerprint density at radius 1 is 1.09 bits per heavy atom. The van der Waals surface area contributed by atoms with Crippen molar-refractivity contribution < 1.29 is 14.3 Å². The van der Waals surface area contributed by atoms with Crippen LogP contribution in [0.2, 0.25) is 5.02 Å². The van der Waals surface area contributed by atoms with E-state index < -0.39 is 5.91 Å². The van der Waals surface area contributed by atoms with Gasteiger partial charge in [-0.25, -0.2) is 0 Å². The van der Waals surface area contributed by atoms with Gasteiger partial charge in [-0.05, 0) is 67.3 Å². The van der Waals surface area contributed by atoms with E-state index in [1.807, 2.05) is 69.3 Å². The first-order valence-corrected chi connectivity index (χ1v) is 10.7. The third-order valence-corrected chi connectivity index (χ3v) is 5.32. The summed E-state index contributed by atoms with van der Waals surface area (Å²) in [5, 5.41) is 12.7. The molecule has 0 bridgehead atoms. The molecule has 0 saturated heterocycles. The van der Waals surface area contributed by atoms with Crippen LogP contribution in [0.3, 0.4) is 0 Å². The van der Waals surface area contributed by atoms with Gasteiger partial charge in [0.05, 0.1) is 12.1 Å². The van der Waals surface area contributed by atoms with Crippen molar-refractivity contribution in [2.75, 3.05) is 12.4 Å². The molecule has 0 atom stereocenters. The molecule has 0 fully saturated rings. The van der Waals surface area contributed by atoms with E-state index in [9.17, 15) is 10.1 Å². The lowest BCUT2D eigenvalue weighted by Gasteiger charge is -2.14. The maximum absolute atomic E-state index is 12.7. The number of hydrogen-bond donors (Lipinski definition) is 1. The highest BCUT2D eigenvalue weighted by molar-refractivity contribution is 6.32. The van der Waals surface area contributed by atoms with Crippen LogP contribution in [0.5, 0.6) is 11.5 Å². The van der Waals surface area contributed by atoms with Crippen molar-refractivity contribution in [3.63, 3.8) is 0 Å². The molecule has 1 N–H and O–H groups in total. The van der Waals surface area contributed by atoms with E-state index >= 15 is 0 Å². The fourth-order valence-corrected chi connectivity index (χ4v) is 3.57. The first kappa shape index (κ1) is 23.9. The van der Waals surface area contributed by atoms with Crippen LogP contribution in [-0.4, -0.2) is 13.0 Å². The average molecular weight is 461 g/mol. The van der Waals surface area contributed by atoms with Crippen molar-refractivity contribution in [3.05, 3.63) is 93.0 Å². The zero-order valence-electron chi connectivity index (χ0n) is 19.0. The molecule has 0 aliphatic heterocycles. The van der Waals surface area contributed by atoms with Gasteiger partial charge in [0.25, 0.3) is 5.91 Å². The molecule has 33 heavy (non-hydrogen) atoms. The number of nitriles is 1. The first-order valence-electron chi connectivity index (χ1n) is 10.4. The zero-order valence-corrected chi connectivity index (χ0v) is 19.8. The van der Waals surface area contributed by atoms with Crippen LogP contribution in [-0.2, 0) is 11.4 Å². The summed E-state index contributed by atoms with van der Waals surface area (Å²) in [6, 6.07) is 19.0. The molecular weight excluding hydrogens is 436 g/mol. The van der Waals surface area contributed by atoms with Crippen LogP contribution in [0.15, 0.2) is 60.2 Å². The quantitative estimate of drug-likeness (QED) is 0.327. The Hall–Kier alpha value is -3.75. The van der Waals surface area contributed by atoms with Crippen LogP contribution < -0.4 is 14.8 Å². The minimum Gasteiger partial charge on any atom is -0.493 e. The van der Waals surface area contributed by atoms with Gasteiger partial charge in [0, 0.05) is 5.69 Å². The molecule has 1 amide bonds. The van der Waals surface area contributed by atoms with Gasteiger partial charge < -0.3 is 14.8 Å². The predicted octanol–water partition coefficient (Wildman–Crippen LogP) is 6.40. The van der Waals surface area contributed by atoms with E-state index in [0.717, 1.165) is 22.3 Å². The molecular formula is C27H25ClN2O3. The number of methoxy groups -OCH3 is 1. The lowest BCUT2D eigenvalue weighted by atomic mass is 10.1. The van der Waals surface area contributed by atoms with Crippen LogP contribution in [0.25, 0.3) is 6.08 Å². The minimum absolute atomic E-state index is 0.0533. The van der Waals surface area contributed by atoms with Crippen LogP contribution in [0.4, 0.5) is 5.69 Å². The molecule has 0 spiro atoms. The summed E-state index contributed by atoms with van der Waals surface area (Å²) in [5.41, 5.74) is 5.22. The van der Waals surface area contributed by atoms with Crippen LogP contribution >= 0.6 is 11.6 Å². The SMILES string of the molecule is COc1cc(/C=C(\C#N)C(=O)Nc2cc(C)ccc2C)cc(Cl)c1OCc1cccc(C)c1. The second-order valence-corrected chi connectivity index (χ2v) is 8.16. The molecule has 6 heteroatoms. The Balaban J connectivity index is 1.84. The lowest BCUT2D eigenvalue weighted by molar-refractivity contribution is -0.112. The molecule has 0 aliphatic rings. The number of ether oxygens (including phenoxy) is 2. The number of hydrogen-bond acceptors (Lipinski definition) is 4. The third kappa shape index (κ3) is 6.15. The average Bonchev–Trinajstić information content (AvgIpc) is 2.78. The molecule has 168 valence electrons. The molecule has 3 rings (SSSR count). The molecule has 0 aromatic heterocycles. The van der Waals surface area contributed by atoms with Gasteiger partial charge in [0.15, 0.2) is 11.5 Å². The van der Waals surface area contributed by atoms with Gasteiger partial charge in [0.2, 0.25) is 0 Å². The van der Waals surface area contributed by atoms with Crippen molar-refractivity contribution in [1.82, 2.24) is 0 Å². The van der Waals surface area contributed by atoms with Gasteiger partial charge in [-0.3, -0.25) is 4.79 Å². The van der Waals surface area contributed by atoms with Crippen LogP contribution in [0, 0.1) is 32.1 Å². The van der Waals surface area contributed by atoms with Crippen molar-refractivity contribution in [1.29, 1.82) is 5.26 Å². The Bertz CT molecular complexity index is 1260. The molecule has 0 radical (unpaired) electrons. The second kappa shape index (κ2) is 10.7. The van der Waals surface area contributed by atoms with E-state index in [1.54, 1.807) is 12.1 Å². The number of carbonyl (C=O) groups excluding carboxylic acids is 1. The smallest absolute Gasteiger partial charge is 0.266 e. The summed E-state index contributed by atoms with van der Waals surface area (Å²) in [6.45, 7) is 6.17. The van der Waals surface area contributed by atoms with Crippen molar-refractivity contribution in [2.24, 2.45) is 0 Å². The molecule has 0 heterocycles. The number of aryl methyl sites for hydroxylation is 3. The van der Waals surface area contributed by atoms with E-state index in [2.05, 4.69) is 5.32 Å². The Morgan fingerprint density at radius 2 is 1.85 bits per heavy atom. The van der Waals surface area contributed by atoms with Gasteiger partial charge >= 0.3 is 0 Å². The molecule has 3 aromatic carbocycles. The highest BCUT2D eigenvalue weighted by Crippen LogP contribution is 2.37. The zero-order chi connectivity index (χ0) is 24.0. The molecule has 3 aromatic rings. The number of halogens is 1. The van der Waals surface area contributed by atoms with Crippen molar-refractivity contribution >= 4 is 29.3 Å². The highest BCUT2D eigenvalue weighted by Gasteiger charge is 2.15. The van der Waals surface area contributed by atoms with Gasteiger partial charge in [0.1, 0.15) is 18.2 Å². The summed E-state index contributed by atoms with van der Waals surface area (Å²) in [6.07, 6.45) is 1.47. The number of nitrogens with zero attached hydrogens (tertiary/aromatic N) is 1. The summed E-state index contributed by atoms with van der Waals surface area (Å²) in [5.74, 6) is 0.311. The predicted molar refractivity (Wildman–Crippen MR) is 132 cm³/mol. The molecule has 5 nitrogen and oxygen atoms in total. The number of benzene rings is 3. The van der Waals surface area contributed by atoms with E-state index in [0.29, 0.717) is 34.4 Å². The Labute approximate surface area is 199 Å². The normalized spacial score (nSPS) is 11.0. The number of anilines is 1. The summed E-state index contributed by atoms with van der Waals surface area (Å²) < 4.78 is 11.4. The van der Waals surface area contributed by atoms with Crippen LogP contribution in [0.1, 0.15) is 27.8 Å². The maximum Gasteiger partial charge on any atom is 0.266 e. The Kier molecular flexibility index (Phi) is 7.76. The largest absolute Gasteiger partial charge is 0.493 e. The second-order valence-electron chi connectivity index (χ2n) is 7.75. The number of rotatable bonds is 7.